The summed E-state index contributed by atoms with van der Waals surface area (Å²) in [6, 6.07) is 5.34. The fourth-order valence-electron chi connectivity index (χ4n) is 1.05. The van der Waals surface area contributed by atoms with Crippen molar-refractivity contribution < 1.29 is 0 Å². The third-order valence-corrected chi connectivity index (χ3v) is 1.86. The fourth-order valence-corrected chi connectivity index (χ4v) is 1.22. The second-order valence-electron chi connectivity index (χ2n) is 2.42. The predicted octanol–water partition coefficient (Wildman–Crippen LogP) is 1.87. The zero-order valence-electron chi connectivity index (χ0n) is 6.16. The van der Waals surface area contributed by atoms with Gasteiger partial charge >= 0.3 is 0 Å². The van der Waals surface area contributed by atoms with E-state index in [2.05, 4.69) is 9.97 Å². The van der Waals surface area contributed by atoms with Gasteiger partial charge in [0.05, 0.1) is 5.52 Å². The van der Waals surface area contributed by atoms with E-state index in [-0.39, 0.29) is 0 Å². The van der Waals surface area contributed by atoms with Crippen LogP contribution < -0.4 is 5.73 Å². The first-order valence-electron chi connectivity index (χ1n) is 3.43. The lowest BCUT2D eigenvalue weighted by atomic mass is 10.2. The van der Waals surface area contributed by atoms with E-state index in [4.69, 9.17) is 17.3 Å². The second kappa shape index (κ2) is 2.60. The molecular formula is C8H6ClN3. The number of hydrogen-bond acceptors (Lipinski definition) is 3. The number of fused-ring (bicyclic) bond motifs is 1. The van der Waals surface area contributed by atoms with Crippen molar-refractivity contribution in [1.29, 1.82) is 0 Å². The fraction of sp³-hybridized carbons (Fsp3) is 0. The number of aromatic nitrogens is 2. The molecule has 1 aromatic heterocycles. The molecule has 0 fully saturated rings. The van der Waals surface area contributed by atoms with Crippen LogP contribution >= 0.6 is 11.6 Å². The predicted molar refractivity (Wildman–Crippen MR) is 49.0 cm³/mol. The smallest absolute Gasteiger partial charge is 0.134 e. The number of benzene rings is 1. The molecule has 1 heterocycles. The van der Waals surface area contributed by atoms with Crippen LogP contribution in [0.3, 0.4) is 0 Å². The molecule has 0 spiro atoms. The Kier molecular flexibility index (Phi) is 1.59. The summed E-state index contributed by atoms with van der Waals surface area (Å²) >= 11 is 5.77. The van der Waals surface area contributed by atoms with Gasteiger partial charge in [-0.05, 0) is 18.2 Å². The molecule has 0 aliphatic rings. The van der Waals surface area contributed by atoms with Gasteiger partial charge in [0, 0.05) is 10.4 Å². The summed E-state index contributed by atoms with van der Waals surface area (Å²) in [5.41, 5.74) is 6.39. The largest absolute Gasteiger partial charge is 0.383 e. The van der Waals surface area contributed by atoms with Crippen molar-refractivity contribution in [3.63, 3.8) is 0 Å². The summed E-state index contributed by atoms with van der Waals surface area (Å²) in [5, 5.41) is 1.49. The van der Waals surface area contributed by atoms with Gasteiger partial charge in [0.15, 0.2) is 0 Å². The van der Waals surface area contributed by atoms with Gasteiger partial charge in [-0.15, -0.1) is 0 Å². The summed E-state index contributed by atoms with van der Waals surface area (Å²) in [6.45, 7) is 0. The van der Waals surface area contributed by atoms with Crippen LogP contribution in [0.2, 0.25) is 5.02 Å². The molecule has 0 saturated heterocycles. The van der Waals surface area contributed by atoms with Crippen molar-refractivity contribution >= 4 is 28.3 Å². The highest BCUT2D eigenvalue weighted by molar-refractivity contribution is 6.31. The first-order chi connectivity index (χ1) is 5.77. The molecule has 0 aliphatic heterocycles. The van der Waals surface area contributed by atoms with Crippen LogP contribution in [0.15, 0.2) is 24.5 Å². The van der Waals surface area contributed by atoms with Gasteiger partial charge in [0.1, 0.15) is 12.1 Å². The quantitative estimate of drug-likeness (QED) is 0.672. The summed E-state index contributed by atoms with van der Waals surface area (Å²) in [4.78, 5) is 7.89. The number of halogens is 1. The van der Waals surface area contributed by atoms with Gasteiger partial charge in [-0.3, -0.25) is 0 Å². The molecule has 2 rings (SSSR count). The van der Waals surface area contributed by atoms with Crippen LogP contribution in [-0.4, -0.2) is 9.97 Å². The van der Waals surface area contributed by atoms with E-state index in [9.17, 15) is 0 Å². The van der Waals surface area contributed by atoms with Crippen molar-refractivity contribution in [2.24, 2.45) is 0 Å². The number of anilines is 1. The van der Waals surface area contributed by atoms with E-state index in [1.165, 1.54) is 6.33 Å². The van der Waals surface area contributed by atoms with Crippen LogP contribution in [0.5, 0.6) is 0 Å². The molecule has 0 bridgehead atoms. The standard InChI is InChI=1S/C8H6ClN3/c9-5-1-2-6-7(3-5)11-4-12-8(6)10/h1-4H,(H2,10,11,12). The summed E-state index contributed by atoms with van der Waals surface area (Å²) < 4.78 is 0. The minimum absolute atomic E-state index is 0.483. The van der Waals surface area contributed by atoms with Gasteiger partial charge in [-0.25, -0.2) is 9.97 Å². The monoisotopic (exact) mass is 179 g/mol. The average Bonchev–Trinajstić information content (AvgIpc) is 2.04. The van der Waals surface area contributed by atoms with Crippen molar-refractivity contribution in [1.82, 2.24) is 9.97 Å². The maximum atomic E-state index is 5.77. The van der Waals surface area contributed by atoms with Crippen LogP contribution in [0.1, 0.15) is 0 Å². The molecule has 60 valence electrons. The van der Waals surface area contributed by atoms with Crippen LogP contribution in [0.25, 0.3) is 10.9 Å². The van der Waals surface area contributed by atoms with Gasteiger partial charge < -0.3 is 5.73 Å². The van der Waals surface area contributed by atoms with E-state index >= 15 is 0 Å². The third-order valence-electron chi connectivity index (χ3n) is 1.63. The van der Waals surface area contributed by atoms with Crippen molar-refractivity contribution in [3.8, 4) is 0 Å². The topological polar surface area (TPSA) is 51.8 Å². The first kappa shape index (κ1) is 7.31. The first-order valence-corrected chi connectivity index (χ1v) is 3.81. The van der Waals surface area contributed by atoms with Crippen LogP contribution in [-0.2, 0) is 0 Å². The Hall–Kier alpha value is -1.35. The van der Waals surface area contributed by atoms with Gasteiger partial charge in [-0.2, -0.15) is 0 Å². The Balaban J connectivity index is 2.86. The van der Waals surface area contributed by atoms with E-state index in [0.29, 0.717) is 10.8 Å². The highest BCUT2D eigenvalue weighted by Gasteiger charge is 1.99. The Morgan fingerprint density at radius 3 is 2.92 bits per heavy atom. The lowest BCUT2D eigenvalue weighted by Crippen LogP contribution is -1.92. The molecule has 4 heteroatoms. The number of rotatable bonds is 0. The van der Waals surface area contributed by atoms with E-state index in [1.807, 2.05) is 6.07 Å². The molecular weight excluding hydrogens is 174 g/mol. The lowest BCUT2D eigenvalue weighted by molar-refractivity contribution is 1.23. The van der Waals surface area contributed by atoms with Crippen LogP contribution in [0.4, 0.5) is 5.82 Å². The Bertz CT molecular complexity index is 428. The van der Waals surface area contributed by atoms with E-state index < -0.39 is 0 Å². The molecule has 0 amide bonds. The van der Waals surface area contributed by atoms with E-state index in [0.717, 1.165) is 10.9 Å². The minimum Gasteiger partial charge on any atom is -0.383 e. The zero-order valence-corrected chi connectivity index (χ0v) is 6.92. The maximum Gasteiger partial charge on any atom is 0.134 e. The Morgan fingerprint density at radius 1 is 1.25 bits per heavy atom. The normalized spacial score (nSPS) is 10.4. The molecule has 2 aromatic rings. The number of nitrogens with two attached hydrogens (primary N) is 1. The SMILES string of the molecule is Nc1ncnc2cc(Cl)ccc12. The molecule has 0 aliphatic carbocycles. The van der Waals surface area contributed by atoms with Gasteiger partial charge in [0.25, 0.3) is 0 Å². The lowest BCUT2D eigenvalue weighted by Gasteiger charge is -1.98. The van der Waals surface area contributed by atoms with Crippen LogP contribution in [0, 0.1) is 0 Å². The molecule has 1 aromatic carbocycles. The summed E-state index contributed by atoms with van der Waals surface area (Å²) in [5.74, 6) is 0.483. The Labute approximate surface area is 74.2 Å². The summed E-state index contributed by atoms with van der Waals surface area (Å²) in [7, 11) is 0. The van der Waals surface area contributed by atoms with Crippen molar-refractivity contribution in [2.75, 3.05) is 5.73 Å². The van der Waals surface area contributed by atoms with Gasteiger partial charge in [-0.1, -0.05) is 11.6 Å². The highest BCUT2D eigenvalue weighted by Crippen LogP contribution is 2.19. The number of hydrogen-bond donors (Lipinski definition) is 1. The second-order valence-corrected chi connectivity index (χ2v) is 2.86. The molecule has 0 atom stereocenters. The molecule has 3 nitrogen and oxygen atoms in total. The Morgan fingerprint density at radius 2 is 2.08 bits per heavy atom. The minimum atomic E-state index is 0.483. The van der Waals surface area contributed by atoms with Crippen molar-refractivity contribution in [3.05, 3.63) is 29.5 Å². The maximum absolute atomic E-state index is 5.77. The number of nitrogen functional groups attached to an aromatic ring is 1. The molecule has 0 saturated carbocycles. The summed E-state index contributed by atoms with van der Waals surface area (Å²) in [6.07, 6.45) is 1.42. The van der Waals surface area contributed by atoms with E-state index in [1.54, 1.807) is 12.1 Å². The third kappa shape index (κ3) is 1.08. The molecule has 2 N–H and O–H groups in total. The number of nitrogens with zero attached hydrogens (tertiary/aromatic N) is 2. The molecule has 0 unspecified atom stereocenters. The van der Waals surface area contributed by atoms with Gasteiger partial charge in [0.2, 0.25) is 0 Å². The molecule has 0 radical (unpaired) electrons. The van der Waals surface area contributed by atoms with Crippen molar-refractivity contribution in [2.45, 2.75) is 0 Å². The highest BCUT2D eigenvalue weighted by atomic mass is 35.5. The zero-order chi connectivity index (χ0) is 8.55. The average molecular weight is 180 g/mol. The molecule has 12 heavy (non-hydrogen) atoms.